The van der Waals surface area contributed by atoms with Crippen LogP contribution in [0.15, 0.2) is 18.5 Å². The van der Waals surface area contributed by atoms with Crippen LogP contribution in [-0.2, 0) is 16.1 Å². The molecule has 0 aliphatic carbocycles. The van der Waals surface area contributed by atoms with Gasteiger partial charge in [-0.15, -0.1) is 0 Å². The topological polar surface area (TPSA) is 56.1 Å². The number of carbonyl (C=O) groups is 1. The number of aromatic nitrogens is 2. The van der Waals surface area contributed by atoms with Gasteiger partial charge in [-0.2, -0.15) is 5.10 Å². The van der Waals surface area contributed by atoms with Gasteiger partial charge in [-0.05, 0) is 12.5 Å². The monoisotopic (exact) mass is 197 g/mol. The van der Waals surface area contributed by atoms with Crippen molar-refractivity contribution in [1.29, 1.82) is 0 Å². The highest BCUT2D eigenvalue weighted by Crippen LogP contribution is 1.84. The molecule has 1 heterocycles. The molecule has 1 aromatic heterocycles. The number of carbonyl (C=O) groups excluding carboxylic acids is 1. The van der Waals surface area contributed by atoms with Crippen LogP contribution in [0.1, 0.15) is 6.42 Å². The Bertz CT molecular complexity index is 259. The lowest BCUT2D eigenvalue weighted by Crippen LogP contribution is -2.29. The third kappa shape index (κ3) is 4.04. The lowest BCUT2D eigenvalue weighted by Gasteiger charge is -2.04. The van der Waals surface area contributed by atoms with Crippen LogP contribution in [0.2, 0.25) is 0 Å². The second-order valence-corrected chi connectivity index (χ2v) is 2.90. The van der Waals surface area contributed by atoms with Crippen LogP contribution in [0.25, 0.3) is 0 Å². The molecule has 5 nitrogen and oxygen atoms in total. The summed E-state index contributed by atoms with van der Waals surface area (Å²) in [6.45, 7) is 1.59. The molecule has 0 unspecified atom stereocenters. The average Bonchev–Trinajstić information content (AvgIpc) is 2.65. The highest BCUT2D eigenvalue weighted by Gasteiger charge is 2.00. The standard InChI is InChI=1S/C9H15N3O2/c1-14-7-3-4-10-9(13)8-12-6-2-5-11-12/h2,5-6H,3-4,7-8H2,1H3,(H,10,13). The van der Waals surface area contributed by atoms with Crippen LogP contribution >= 0.6 is 0 Å². The van der Waals surface area contributed by atoms with Crippen molar-refractivity contribution in [2.75, 3.05) is 20.3 Å². The van der Waals surface area contributed by atoms with E-state index in [2.05, 4.69) is 10.4 Å². The molecule has 1 N–H and O–H groups in total. The summed E-state index contributed by atoms with van der Waals surface area (Å²) in [6.07, 6.45) is 4.24. The maximum Gasteiger partial charge on any atom is 0.241 e. The Hall–Kier alpha value is -1.36. The molecule has 0 atom stereocenters. The average molecular weight is 197 g/mol. The summed E-state index contributed by atoms with van der Waals surface area (Å²) in [7, 11) is 1.64. The van der Waals surface area contributed by atoms with Crippen molar-refractivity contribution in [1.82, 2.24) is 15.1 Å². The summed E-state index contributed by atoms with van der Waals surface area (Å²) in [4.78, 5) is 11.3. The van der Waals surface area contributed by atoms with Crippen molar-refractivity contribution >= 4 is 5.91 Å². The van der Waals surface area contributed by atoms with Gasteiger partial charge < -0.3 is 10.1 Å². The summed E-state index contributed by atoms with van der Waals surface area (Å²) in [5.41, 5.74) is 0. The normalized spacial score (nSPS) is 10.1. The lowest BCUT2D eigenvalue weighted by atomic mass is 10.4. The van der Waals surface area contributed by atoms with E-state index in [1.54, 1.807) is 30.3 Å². The molecule has 0 saturated carbocycles. The molecule has 0 radical (unpaired) electrons. The van der Waals surface area contributed by atoms with E-state index in [0.717, 1.165) is 6.42 Å². The van der Waals surface area contributed by atoms with Gasteiger partial charge >= 0.3 is 0 Å². The van der Waals surface area contributed by atoms with Crippen molar-refractivity contribution in [3.8, 4) is 0 Å². The third-order valence-electron chi connectivity index (χ3n) is 1.71. The highest BCUT2D eigenvalue weighted by atomic mass is 16.5. The van der Waals surface area contributed by atoms with Gasteiger partial charge in [0.25, 0.3) is 0 Å². The summed E-state index contributed by atoms with van der Waals surface area (Å²) < 4.78 is 6.45. The number of rotatable bonds is 6. The Labute approximate surface area is 83.1 Å². The van der Waals surface area contributed by atoms with Crippen LogP contribution < -0.4 is 5.32 Å². The van der Waals surface area contributed by atoms with E-state index in [4.69, 9.17) is 4.74 Å². The van der Waals surface area contributed by atoms with Crippen molar-refractivity contribution in [2.24, 2.45) is 0 Å². The molecule has 1 amide bonds. The Morgan fingerprint density at radius 2 is 2.50 bits per heavy atom. The zero-order valence-electron chi connectivity index (χ0n) is 8.27. The summed E-state index contributed by atoms with van der Waals surface area (Å²) >= 11 is 0. The molecule has 0 saturated heterocycles. The van der Waals surface area contributed by atoms with E-state index >= 15 is 0 Å². The van der Waals surface area contributed by atoms with Crippen molar-refractivity contribution in [3.05, 3.63) is 18.5 Å². The van der Waals surface area contributed by atoms with Gasteiger partial charge in [-0.1, -0.05) is 0 Å². The first-order chi connectivity index (χ1) is 6.83. The smallest absolute Gasteiger partial charge is 0.241 e. The molecular formula is C9H15N3O2. The van der Waals surface area contributed by atoms with E-state index in [0.29, 0.717) is 13.2 Å². The van der Waals surface area contributed by atoms with Gasteiger partial charge in [0.2, 0.25) is 5.91 Å². The van der Waals surface area contributed by atoms with Crippen molar-refractivity contribution < 1.29 is 9.53 Å². The molecule has 0 bridgehead atoms. The number of amides is 1. The van der Waals surface area contributed by atoms with E-state index in [1.807, 2.05) is 0 Å². The predicted octanol–water partition coefficient (Wildman–Crippen LogP) is 0.0358. The van der Waals surface area contributed by atoms with Gasteiger partial charge in [0.1, 0.15) is 6.54 Å². The predicted molar refractivity (Wildman–Crippen MR) is 51.7 cm³/mol. The summed E-state index contributed by atoms with van der Waals surface area (Å²) in [5.74, 6) is -0.0233. The number of nitrogens with one attached hydrogen (secondary N) is 1. The fourth-order valence-electron chi connectivity index (χ4n) is 1.04. The second kappa shape index (κ2) is 6.15. The molecule has 5 heteroatoms. The Morgan fingerprint density at radius 3 is 3.14 bits per heavy atom. The molecule has 0 aromatic carbocycles. The quantitative estimate of drug-likeness (QED) is 0.655. The Kier molecular flexibility index (Phi) is 4.71. The van der Waals surface area contributed by atoms with Gasteiger partial charge in [0.15, 0.2) is 0 Å². The number of methoxy groups -OCH3 is 1. The third-order valence-corrected chi connectivity index (χ3v) is 1.71. The van der Waals surface area contributed by atoms with Gasteiger partial charge in [-0.25, -0.2) is 0 Å². The molecule has 0 fully saturated rings. The summed E-state index contributed by atoms with van der Waals surface area (Å²) in [5, 5.41) is 6.71. The first kappa shape index (κ1) is 10.7. The minimum Gasteiger partial charge on any atom is -0.385 e. The Balaban J connectivity index is 2.11. The van der Waals surface area contributed by atoms with E-state index < -0.39 is 0 Å². The first-order valence-corrected chi connectivity index (χ1v) is 4.56. The molecule has 0 spiro atoms. The van der Waals surface area contributed by atoms with Crippen LogP contribution in [0.3, 0.4) is 0 Å². The van der Waals surface area contributed by atoms with Crippen LogP contribution in [0.4, 0.5) is 0 Å². The van der Waals surface area contributed by atoms with E-state index in [9.17, 15) is 4.79 Å². The van der Waals surface area contributed by atoms with Crippen LogP contribution in [0, 0.1) is 0 Å². The SMILES string of the molecule is COCCCNC(=O)Cn1cccn1. The minimum absolute atomic E-state index is 0.0233. The maximum absolute atomic E-state index is 11.3. The molecule has 0 aliphatic heterocycles. The lowest BCUT2D eigenvalue weighted by molar-refractivity contribution is -0.121. The number of ether oxygens (including phenoxy) is 1. The highest BCUT2D eigenvalue weighted by molar-refractivity contribution is 5.75. The zero-order chi connectivity index (χ0) is 10.2. The molecule has 14 heavy (non-hydrogen) atoms. The van der Waals surface area contributed by atoms with Crippen LogP contribution in [-0.4, -0.2) is 35.9 Å². The number of nitrogens with zero attached hydrogens (tertiary/aromatic N) is 2. The second-order valence-electron chi connectivity index (χ2n) is 2.90. The van der Waals surface area contributed by atoms with Crippen molar-refractivity contribution in [2.45, 2.75) is 13.0 Å². The molecule has 1 aromatic rings. The van der Waals surface area contributed by atoms with Gasteiger partial charge in [-0.3, -0.25) is 9.48 Å². The summed E-state index contributed by atoms with van der Waals surface area (Å²) in [6, 6.07) is 1.79. The van der Waals surface area contributed by atoms with Crippen LogP contribution in [0.5, 0.6) is 0 Å². The number of hydrogen-bond donors (Lipinski definition) is 1. The fourth-order valence-corrected chi connectivity index (χ4v) is 1.04. The molecular weight excluding hydrogens is 182 g/mol. The fraction of sp³-hybridized carbons (Fsp3) is 0.556. The molecule has 78 valence electrons. The van der Waals surface area contributed by atoms with Crippen molar-refractivity contribution in [3.63, 3.8) is 0 Å². The number of hydrogen-bond acceptors (Lipinski definition) is 3. The van der Waals surface area contributed by atoms with Gasteiger partial charge in [0, 0.05) is 32.7 Å². The maximum atomic E-state index is 11.3. The molecule has 0 aliphatic rings. The molecule has 1 rings (SSSR count). The first-order valence-electron chi connectivity index (χ1n) is 4.56. The van der Waals surface area contributed by atoms with Gasteiger partial charge in [0.05, 0.1) is 0 Å². The zero-order valence-corrected chi connectivity index (χ0v) is 8.27. The minimum atomic E-state index is -0.0233. The largest absolute Gasteiger partial charge is 0.385 e. The Morgan fingerprint density at radius 1 is 1.64 bits per heavy atom. The van der Waals surface area contributed by atoms with E-state index in [1.165, 1.54) is 0 Å². The van der Waals surface area contributed by atoms with E-state index in [-0.39, 0.29) is 12.5 Å².